The summed E-state index contributed by atoms with van der Waals surface area (Å²) in [5, 5.41) is 0. The molecule has 0 bridgehead atoms. The van der Waals surface area contributed by atoms with Gasteiger partial charge < -0.3 is 5.73 Å². The fraction of sp³-hybridized carbons (Fsp3) is 0.0909. The van der Waals surface area contributed by atoms with E-state index in [0.717, 1.165) is 14.8 Å². The van der Waals surface area contributed by atoms with Crippen LogP contribution in [-0.4, -0.2) is 0 Å². The molecule has 1 heterocycles. The van der Waals surface area contributed by atoms with Gasteiger partial charge in [0.1, 0.15) is 5.82 Å². The second kappa shape index (κ2) is 4.31. The summed E-state index contributed by atoms with van der Waals surface area (Å²) >= 11 is 7.30. The minimum absolute atomic E-state index is 0.207. The van der Waals surface area contributed by atoms with Gasteiger partial charge >= 0.3 is 0 Å². The molecule has 2 N–H and O–H groups in total. The van der Waals surface area contributed by atoms with Gasteiger partial charge in [-0.1, -0.05) is 17.7 Å². The van der Waals surface area contributed by atoms with Crippen LogP contribution in [0.25, 0.3) is 10.4 Å². The molecule has 0 saturated carbocycles. The molecule has 0 saturated heterocycles. The van der Waals surface area contributed by atoms with Crippen molar-refractivity contribution >= 4 is 22.9 Å². The monoisotopic (exact) mass is 241 g/mol. The molecule has 0 atom stereocenters. The maximum absolute atomic E-state index is 13.2. The van der Waals surface area contributed by atoms with Crippen LogP contribution in [0.4, 0.5) is 4.39 Å². The van der Waals surface area contributed by atoms with E-state index >= 15 is 0 Å². The van der Waals surface area contributed by atoms with Gasteiger partial charge in [0, 0.05) is 17.0 Å². The summed E-state index contributed by atoms with van der Waals surface area (Å²) in [7, 11) is 0. The highest BCUT2D eigenvalue weighted by atomic mass is 35.5. The largest absolute Gasteiger partial charge is 0.326 e. The molecule has 78 valence electrons. The maximum Gasteiger partial charge on any atom is 0.127 e. The lowest BCUT2D eigenvalue weighted by atomic mass is 10.1. The third-order valence-corrected chi connectivity index (χ3v) is 3.40. The Morgan fingerprint density at radius 3 is 2.67 bits per heavy atom. The number of hydrogen-bond donors (Lipinski definition) is 1. The molecule has 0 aliphatic rings. The maximum atomic E-state index is 13.2. The molecule has 0 radical (unpaired) electrons. The molecule has 1 aromatic heterocycles. The molecule has 15 heavy (non-hydrogen) atoms. The van der Waals surface area contributed by atoms with Crippen LogP contribution in [0.2, 0.25) is 4.34 Å². The third kappa shape index (κ3) is 2.20. The van der Waals surface area contributed by atoms with E-state index in [2.05, 4.69) is 0 Å². The lowest BCUT2D eigenvalue weighted by Gasteiger charge is -2.02. The molecule has 4 heteroatoms. The summed E-state index contributed by atoms with van der Waals surface area (Å²) in [6, 6.07) is 8.67. The number of halogens is 2. The molecule has 2 aromatic rings. The highest BCUT2D eigenvalue weighted by Crippen LogP contribution is 2.31. The van der Waals surface area contributed by atoms with Crippen molar-refractivity contribution < 1.29 is 4.39 Å². The van der Waals surface area contributed by atoms with Gasteiger partial charge in [-0.05, 0) is 29.8 Å². The highest BCUT2D eigenvalue weighted by molar-refractivity contribution is 7.19. The van der Waals surface area contributed by atoms with Crippen molar-refractivity contribution in [1.29, 1.82) is 0 Å². The van der Waals surface area contributed by atoms with Gasteiger partial charge in [-0.2, -0.15) is 0 Å². The average Bonchev–Trinajstić information content (AvgIpc) is 2.66. The molecule has 0 aliphatic heterocycles. The Labute approximate surface area is 96.3 Å². The van der Waals surface area contributed by atoms with E-state index in [4.69, 9.17) is 17.3 Å². The van der Waals surface area contributed by atoms with Crippen molar-refractivity contribution in [3.05, 3.63) is 46.0 Å². The molecule has 1 nitrogen and oxygen atoms in total. The van der Waals surface area contributed by atoms with Crippen LogP contribution in [0.1, 0.15) is 5.56 Å². The number of rotatable bonds is 2. The standard InChI is InChI=1S/C11H9ClFNS/c12-11-4-3-10(15-11)7-1-2-9(13)8(5-7)6-14/h1-5H,6,14H2. The lowest BCUT2D eigenvalue weighted by molar-refractivity contribution is 0.611. The number of nitrogens with two attached hydrogens (primary N) is 1. The summed E-state index contributed by atoms with van der Waals surface area (Å²) in [6.07, 6.45) is 0. The first-order chi connectivity index (χ1) is 7.20. The summed E-state index contributed by atoms with van der Waals surface area (Å²) in [6.45, 7) is 0.207. The Balaban J connectivity index is 2.45. The molecule has 0 fully saturated rings. The van der Waals surface area contributed by atoms with E-state index < -0.39 is 0 Å². The molecule has 0 spiro atoms. The first kappa shape index (κ1) is 10.6. The van der Waals surface area contributed by atoms with E-state index in [1.54, 1.807) is 12.1 Å². The van der Waals surface area contributed by atoms with Crippen LogP contribution in [0, 0.1) is 5.82 Å². The zero-order valence-electron chi connectivity index (χ0n) is 7.84. The predicted molar refractivity (Wildman–Crippen MR) is 62.6 cm³/mol. The topological polar surface area (TPSA) is 26.0 Å². The molecule has 0 unspecified atom stereocenters. The van der Waals surface area contributed by atoms with E-state index in [1.807, 2.05) is 12.1 Å². The fourth-order valence-corrected chi connectivity index (χ4v) is 2.39. The lowest BCUT2D eigenvalue weighted by Crippen LogP contribution is -1.99. The minimum atomic E-state index is -0.260. The second-order valence-corrected chi connectivity index (χ2v) is 4.83. The van der Waals surface area contributed by atoms with Crippen LogP contribution in [-0.2, 0) is 6.54 Å². The fourth-order valence-electron chi connectivity index (χ4n) is 1.35. The van der Waals surface area contributed by atoms with Gasteiger partial charge in [0.15, 0.2) is 0 Å². The Morgan fingerprint density at radius 2 is 2.07 bits per heavy atom. The van der Waals surface area contributed by atoms with Crippen LogP contribution in [0.15, 0.2) is 30.3 Å². The van der Waals surface area contributed by atoms with Gasteiger partial charge in [-0.25, -0.2) is 4.39 Å². The van der Waals surface area contributed by atoms with Crippen LogP contribution in [0.3, 0.4) is 0 Å². The summed E-state index contributed by atoms with van der Waals surface area (Å²) in [5.74, 6) is -0.260. The SMILES string of the molecule is NCc1cc(-c2ccc(Cl)s2)ccc1F. The molecular weight excluding hydrogens is 233 g/mol. The van der Waals surface area contributed by atoms with E-state index in [-0.39, 0.29) is 12.4 Å². The number of benzene rings is 1. The zero-order valence-corrected chi connectivity index (χ0v) is 9.41. The van der Waals surface area contributed by atoms with E-state index in [9.17, 15) is 4.39 Å². The van der Waals surface area contributed by atoms with Crippen LogP contribution < -0.4 is 5.73 Å². The van der Waals surface area contributed by atoms with Gasteiger partial charge in [0.05, 0.1) is 4.34 Å². The van der Waals surface area contributed by atoms with Crippen molar-refractivity contribution in [2.75, 3.05) is 0 Å². The first-order valence-electron chi connectivity index (χ1n) is 4.45. The van der Waals surface area contributed by atoms with Gasteiger partial charge in [0.2, 0.25) is 0 Å². The summed E-state index contributed by atoms with van der Waals surface area (Å²) in [4.78, 5) is 1.02. The van der Waals surface area contributed by atoms with E-state index in [0.29, 0.717) is 5.56 Å². The average molecular weight is 242 g/mol. The van der Waals surface area contributed by atoms with Crippen molar-refractivity contribution in [2.24, 2.45) is 5.73 Å². The Hall–Kier alpha value is -0.900. The van der Waals surface area contributed by atoms with Gasteiger partial charge in [-0.15, -0.1) is 11.3 Å². The van der Waals surface area contributed by atoms with Crippen LogP contribution in [0.5, 0.6) is 0 Å². The van der Waals surface area contributed by atoms with Crippen molar-refractivity contribution in [3.8, 4) is 10.4 Å². The highest BCUT2D eigenvalue weighted by Gasteiger charge is 2.05. The summed E-state index contributed by atoms with van der Waals surface area (Å²) < 4.78 is 13.9. The molecular formula is C11H9ClFNS. The second-order valence-electron chi connectivity index (χ2n) is 3.11. The third-order valence-electron chi connectivity index (χ3n) is 2.12. The number of hydrogen-bond acceptors (Lipinski definition) is 2. The Bertz CT molecular complexity index is 481. The number of thiophene rings is 1. The van der Waals surface area contributed by atoms with E-state index in [1.165, 1.54) is 17.4 Å². The molecule has 0 amide bonds. The molecule has 2 rings (SSSR count). The minimum Gasteiger partial charge on any atom is -0.326 e. The smallest absolute Gasteiger partial charge is 0.127 e. The Kier molecular flexibility index (Phi) is 3.05. The first-order valence-corrected chi connectivity index (χ1v) is 5.64. The molecule has 0 aliphatic carbocycles. The quantitative estimate of drug-likeness (QED) is 0.853. The van der Waals surface area contributed by atoms with Crippen molar-refractivity contribution in [2.45, 2.75) is 6.54 Å². The summed E-state index contributed by atoms with van der Waals surface area (Å²) in [5.41, 5.74) is 6.92. The van der Waals surface area contributed by atoms with Gasteiger partial charge in [-0.3, -0.25) is 0 Å². The van der Waals surface area contributed by atoms with Crippen LogP contribution >= 0.6 is 22.9 Å². The van der Waals surface area contributed by atoms with Crippen molar-refractivity contribution in [1.82, 2.24) is 0 Å². The normalized spacial score (nSPS) is 10.6. The Morgan fingerprint density at radius 1 is 1.27 bits per heavy atom. The van der Waals surface area contributed by atoms with Crippen molar-refractivity contribution in [3.63, 3.8) is 0 Å². The zero-order chi connectivity index (χ0) is 10.8. The molecule has 1 aromatic carbocycles. The van der Waals surface area contributed by atoms with Gasteiger partial charge in [0.25, 0.3) is 0 Å². The predicted octanol–water partition coefficient (Wildman–Crippen LogP) is 3.67.